The van der Waals surface area contributed by atoms with E-state index in [1.54, 1.807) is 0 Å². The first-order valence-corrected chi connectivity index (χ1v) is 6.00. The minimum atomic E-state index is 0.357. The van der Waals surface area contributed by atoms with Crippen molar-refractivity contribution in [1.82, 2.24) is 15.0 Å². The predicted molar refractivity (Wildman–Crippen MR) is 70.2 cm³/mol. The molecule has 0 saturated heterocycles. The molecule has 0 aromatic carbocycles. The summed E-state index contributed by atoms with van der Waals surface area (Å²) < 4.78 is 0. The van der Waals surface area contributed by atoms with Crippen LogP contribution in [0.15, 0.2) is 24.5 Å². The molecule has 92 valence electrons. The highest BCUT2D eigenvalue weighted by Crippen LogP contribution is 2.21. The summed E-state index contributed by atoms with van der Waals surface area (Å²) in [6.07, 6.45) is 4.60. The molecule has 2 aromatic rings. The van der Waals surface area contributed by atoms with Crippen LogP contribution >= 0.6 is 0 Å². The molecule has 1 aliphatic heterocycles. The summed E-state index contributed by atoms with van der Waals surface area (Å²) in [5.41, 5.74) is 8.97. The van der Waals surface area contributed by atoms with Gasteiger partial charge in [0.15, 0.2) is 0 Å². The summed E-state index contributed by atoms with van der Waals surface area (Å²) in [6, 6.07) is 4.13. The minimum absolute atomic E-state index is 0.357. The van der Waals surface area contributed by atoms with Gasteiger partial charge in [-0.2, -0.15) is 0 Å². The monoisotopic (exact) mass is 241 g/mol. The van der Waals surface area contributed by atoms with E-state index in [4.69, 9.17) is 5.73 Å². The van der Waals surface area contributed by atoms with Crippen LogP contribution in [-0.2, 0) is 13.0 Å². The number of nitrogens with two attached hydrogens (primary N) is 1. The van der Waals surface area contributed by atoms with Crippen molar-refractivity contribution in [2.75, 3.05) is 17.2 Å². The lowest BCUT2D eigenvalue weighted by Gasteiger charge is -2.28. The van der Waals surface area contributed by atoms with Crippen molar-refractivity contribution in [3.63, 3.8) is 0 Å². The molecule has 2 aromatic heterocycles. The molecule has 5 heteroatoms. The summed E-state index contributed by atoms with van der Waals surface area (Å²) in [6.45, 7) is 3.75. The molecule has 0 amide bonds. The molecule has 18 heavy (non-hydrogen) atoms. The Hall–Kier alpha value is -2.17. The number of aryl methyl sites for hydroxylation is 1. The molecule has 0 bridgehead atoms. The van der Waals surface area contributed by atoms with Gasteiger partial charge in [0.1, 0.15) is 5.82 Å². The molecule has 0 aliphatic carbocycles. The van der Waals surface area contributed by atoms with Crippen molar-refractivity contribution in [3.8, 4) is 0 Å². The zero-order valence-corrected chi connectivity index (χ0v) is 10.3. The number of nitrogens with zero attached hydrogens (tertiary/aromatic N) is 4. The molecule has 0 fully saturated rings. The summed E-state index contributed by atoms with van der Waals surface area (Å²) in [5, 5.41) is 0. The maximum Gasteiger partial charge on any atom is 0.220 e. The van der Waals surface area contributed by atoms with Gasteiger partial charge in [0.2, 0.25) is 5.95 Å². The summed E-state index contributed by atoms with van der Waals surface area (Å²) in [5.74, 6) is 1.36. The van der Waals surface area contributed by atoms with Crippen LogP contribution in [0, 0.1) is 6.92 Å². The molecule has 2 N–H and O–H groups in total. The largest absolute Gasteiger partial charge is 0.368 e. The van der Waals surface area contributed by atoms with E-state index in [-0.39, 0.29) is 0 Å². The molecule has 0 saturated carbocycles. The third kappa shape index (κ3) is 1.99. The Balaban J connectivity index is 1.86. The highest BCUT2D eigenvalue weighted by atomic mass is 15.2. The highest BCUT2D eigenvalue weighted by molar-refractivity contribution is 5.43. The highest BCUT2D eigenvalue weighted by Gasteiger charge is 2.18. The van der Waals surface area contributed by atoms with E-state index < -0.39 is 0 Å². The standard InChI is InChI=1S/C13H15N5/c1-9-2-3-12(15-6-9)18-5-4-11-10(8-18)7-16-13(14)17-11/h2-3,6-7H,4-5,8H2,1H3,(H2,14,16,17). The van der Waals surface area contributed by atoms with Crippen LogP contribution in [0.3, 0.4) is 0 Å². The van der Waals surface area contributed by atoms with Crippen molar-refractivity contribution < 1.29 is 0 Å². The SMILES string of the molecule is Cc1ccc(N2CCc3nc(N)ncc3C2)nc1. The summed E-state index contributed by atoms with van der Waals surface area (Å²) >= 11 is 0. The first-order valence-electron chi connectivity index (χ1n) is 6.00. The summed E-state index contributed by atoms with van der Waals surface area (Å²) in [7, 11) is 0. The Morgan fingerprint density at radius 2 is 2.11 bits per heavy atom. The van der Waals surface area contributed by atoms with E-state index in [0.717, 1.165) is 36.6 Å². The third-order valence-corrected chi connectivity index (χ3v) is 3.17. The molecular weight excluding hydrogens is 226 g/mol. The number of rotatable bonds is 1. The van der Waals surface area contributed by atoms with Crippen LogP contribution in [0.1, 0.15) is 16.8 Å². The van der Waals surface area contributed by atoms with Gasteiger partial charge in [0.25, 0.3) is 0 Å². The average molecular weight is 241 g/mol. The molecule has 0 radical (unpaired) electrons. The van der Waals surface area contributed by atoms with Gasteiger partial charge in [0, 0.05) is 37.5 Å². The van der Waals surface area contributed by atoms with E-state index >= 15 is 0 Å². The lowest BCUT2D eigenvalue weighted by Crippen LogP contribution is -2.31. The molecule has 0 atom stereocenters. The van der Waals surface area contributed by atoms with Gasteiger partial charge in [-0.3, -0.25) is 0 Å². The molecular formula is C13H15N5. The van der Waals surface area contributed by atoms with Crippen LogP contribution in [-0.4, -0.2) is 21.5 Å². The second-order valence-corrected chi connectivity index (χ2v) is 4.57. The normalized spacial score (nSPS) is 14.4. The molecule has 5 nitrogen and oxygen atoms in total. The Bertz CT molecular complexity index is 564. The Morgan fingerprint density at radius 1 is 1.22 bits per heavy atom. The van der Waals surface area contributed by atoms with Gasteiger partial charge in [-0.05, 0) is 18.6 Å². The molecule has 0 unspecified atom stereocenters. The molecule has 3 rings (SSSR count). The third-order valence-electron chi connectivity index (χ3n) is 3.17. The van der Waals surface area contributed by atoms with E-state index in [2.05, 4.69) is 32.0 Å². The first-order chi connectivity index (χ1) is 8.72. The van der Waals surface area contributed by atoms with Gasteiger partial charge in [-0.15, -0.1) is 0 Å². The minimum Gasteiger partial charge on any atom is -0.368 e. The van der Waals surface area contributed by atoms with Crippen molar-refractivity contribution in [3.05, 3.63) is 41.3 Å². The Morgan fingerprint density at radius 3 is 2.89 bits per heavy atom. The van der Waals surface area contributed by atoms with Crippen molar-refractivity contribution >= 4 is 11.8 Å². The van der Waals surface area contributed by atoms with E-state index in [1.807, 2.05) is 19.3 Å². The number of fused-ring (bicyclic) bond motifs is 1. The van der Waals surface area contributed by atoms with E-state index in [9.17, 15) is 0 Å². The van der Waals surface area contributed by atoms with Crippen LogP contribution in [0.5, 0.6) is 0 Å². The number of aromatic nitrogens is 3. The fourth-order valence-electron chi connectivity index (χ4n) is 2.17. The maximum atomic E-state index is 5.60. The van der Waals surface area contributed by atoms with Crippen LogP contribution in [0.25, 0.3) is 0 Å². The van der Waals surface area contributed by atoms with Crippen LogP contribution < -0.4 is 10.6 Å². The molecule has 1 aliphatic rings. The fraction of sp³-hybridized carbons (Fsp3) is 0.308. The van der Waals surface area contributed by atoms with Crippen molar-refractivity contribution in [2.24, 2.45) is 0 Å². The topological polar surface area (TPSA) is 67.9 Å². The second-order valence-electron chi connectivity index (χ2n) is 4.57. The van der Waals surface area contributed by atoms with Gasteiger partial charge in [-0.1, -0.05) is 6.07 Å². The van der Waals surface area contributed by atoms with E-state index in [1.165, 1.54) is 5.56 Å². The first kappa shape index (κ1) is 11.0. The zero-order valence-electron chi connectivity index (χ0n) is 10.3. The number of nitrogen functional groups attached to an aromatic ring is 1. The second kappa shape index (κ2) is 4.25. The maximum absolute atomic E-state index is 5.60. The zero-order chi connectivity index (χ0) is 12.5. The quantitative estimate of drug-likeness (QED) is 0.815. The number of anilines is 2. The van der Waals surface area contributed by atoms with Crippen molar-refractivity contribution in [1.29, 1.82) is 0 Å². The Labute approximate surface area is 106 Å². The van der Waals surface area contributed by atoms with Gasteiger partial charge in [-0.25, -0.2) is 15.0 Å². The lowest BCUT2D eigenvalue weighted by atomic mass is 10.1. The molecule has 0 spiro atoms. The predicted octanol–water partition coefficient (Wildman–Crippen LogP) is 1.32. The van der Waals surface area contributed by atoms with Gasteiger partial charge < -0.3 is 10.6 Å². The van der Waals surface area contributed by atoms with Crippen molar-refractivity contribution in [2.45, 2.75) is 19.9 Å². The number of pyridine rings is 1. The van der Waals surface area contributed by atoms with Crippen LogP contribution in [0.4, 0.5) is 11.8 Å². The van der Waals surface area contributed by atoms with Gasteiger partial charge >= 0.3 is 0 Å². The van der Waals surface area contributed by atoms with Gasteiger partial charge in [0.05, 0.1) is 5.69 Å². The van der Waals surface area contributed by atoms with E-state index in [0.29, 0.717) is 5.95 Å². The Kier molecular flexibility index (Phi) is 2.59. The molecule has 3 heterocycles. The van der Waals surface area contributed by atoms with Crippen LogP contribution in [0.2, 0.25) is 0 Å². The average Bonchev–Trinajstić information content (AvgIpc) is 2.39. The number of hydrogen-bond donors (Lipinski definition) is 1. The lowest BCUT2D eigenvalue weighted by molar-refractivity contribution is 0.698. The fourth-order valence-corrected chi connectivity index (χ4v) is 2.17. The smallest absolute Gasteiger partial charge is 0.220 e. The number of hydrogen-bond acceptors (Lipinski definition) is 5. The summed E-state index contributed by atoms with van der Waals surface area (Å²) in [4.78, 5) is 15.0.